The van der Waals surface area contributed by atoms with Gasteiger partial charge in [0.1, 0.15) is 0 Å². The number of hydrogen-bond donors (Lipinski definition) is 1. The highest BCUT2D eigenvalue weighted by molar-refractivity contribution is 5.77. The van der Waals surface area contributed by atoms with Crippen LogP contribution in [-0.2, 0) is 11.3 Å². The van der Waals surface area contributed by atoms with Crippen molar-refractivity contribution in [2.75, 3.05) is 20.8 Å². The van der Waals surface area contributed by atoms with E-state index in [9.17, 15) is 4.79 Å². The molecule has 0 aromatic heterocycles. The Labute approximate surface area is 129 Å². The van der Waals surface area contributed by atoms with E-state index < -0.39 is 0 Å². The van der Waals surface area contributed by atoms with Crippen molar-refractivity contribution in [1.29, 1.82) is 0 Å². The zero-order chi connectivity index (χ0) is 15.8. The molecule has 22 heavy (non-hydrogen) atoms. The van der Waals surface area contributed by atoms with Gasteiger partial charge in [-0.3, -0.25) is 4.79 Å². The van der Waals surface area contributed by atoms with Crippen LogP contribution in [0.5, 0.6) is 17.2 Å². The summed E-state index contributed by atoms with van der Waals surface area (Å²) in [7, 11) is 3.08. The minimum Gasteiger partial charge on any atom is -0.493 e. The van der Waals surface area contributed by atoms with E-state index in [0.29, 0.717) is 23.8 Å². The van der Waals surface area contributed by atoms with Crippen molar-refractivity contribution in [2.45, 2.75) is 6.54 Å². The molecule has 0 spiro atoms. The van der Waals surface area contributed by atoms with Gasteiger partial charge in [-0.25, -0.2) is 0 Å². The minimum absolute atomic E-state index is 0.0869. The molecule has 0 fully saturated rings. The molecule has 5 nitrogen and oxygen atoms in total. The molecule has 5 heteroatoms. The van der Waals surface area contributed by atoms with E-state index in [0.717, 1.165) is 5.56 Å². The summed E-state index contributed by atoms with van der Waals surface area (Å²) in [5, 5.41) is 2.80. The van der Waals surface area contributed by atoms with Crippen LogP contribution in [0.3, 0.4) is 0 Å². The van der Waals surface area contributed by atoms with E-state index in [1.165, 1.54) is 7.11 Å². The smallest absolute Gasteiger partial charge is 0.258 e. The average Bonchev–Trinajstić information content (AvgIpc) is 2.58. The van der Waals surface area contributed by atoms with Crippen LogP contribution in [0.1, 0.15) is 5.56 Å². The van der Waals surface area contributed by atoms with Gasteiger partial charge < -0.3 is 19.5 Å². The number of ether oxygens (including phenoxy) is 3. The molecule has 2 rings (SSSR count). The zero-order valence-electron chi connectivity index (χ0n) is 12.7. The van der Waals surface area contributed by atoms with Gasteiger partial charge in [0, 0.05) is 6.54 Å². The van der Waals surface area contributed by atoms with Crippen LogP contribution < -0.4 is 19.5 Å². The maximum atomic E-state index is 11.8. The van der Waals surface area contributed by atoms with Crippen molar-refractivity contribution in [2.24, 2.45) is 0 Å². The van der Waals surface area contributed by atoms with Crippen molar-refractivity contribution < 1.29 is 19.0 Å². The molecule has 0 heterocycles. The van der Waals surface area contributed by atoms with Crippen LogP contribution in [0, 0.1) is 0 Å². The Morgan fingerprint density at radius 1 is 0.955 bits per heavy atom. The fourth-order valence-electron chi connectivity index (χ4n) is 1.96. The van der Waals surface area contributed by atoms with Gasteiger partial charge in [0.15, 0.2) is 18.1 Å². The quantitative estimate of drug-likeness (QED) is 0.853. The molecular formula is C17H19NO4. The largest absolute Gasteiger partial charge is 0.493 e. The molecular weight excluding hydrogens is 282 g/mol. The maximum absolute atomic E-state index is 11.8. The second-order valence-corrected chi connectivity index (χ2v) is 4.54. The van der Waals surface area contributed by atoms with Gasteiger partial charge >= 0.3 is 0 Å². The first-order valence-corrected chi connectivity index (χ1v) is 6.89. The molecule has 0 bridgehead atoms. The van der Waals surface area contributed by atoms with Crippen molar-refractivity contribution in [3.8, 4) is 17.2 Å². The van der Waals surface area contributed by atoms with Gasteiger partial charge in [0.2, 0.25) is 5.75 Å². The fraction of sp³-hybridized carbons (Fsp3) is 0.235. The highest BCUT2D eigenvalue weighted by atomic mass is 16.5. The van der Waals surface area contributed by atoms with Crippen LogP contribution in [0.15, 0.2) is 48.5 Å². The third-order valence-electron chi connectivity index (χ3n) is 3.06. The Hall–Kier alpha value is -2.69. The second-order valence-electron chi connectivity index (χ2n) is 4.54. The topological polar surface area (TPSA) is 56.8 Å². The van der Waals surface area contributed by atoms with Crippen LogP contribution >= 0.6 is 0 Å². The molecule has 0 radical (unpaired) electrons. The van der Waals surface area contributed by atoms with Crippen LogP contribution in [-0.4, -0.2) is 26.7 Å². The van der Waals surface area contributed by atoms with Gasteiger partial charge in [-0.05, 0) is 17.7 Å². The minimum atomic E-state index is -0.200. The highest BCUT2D eigenvalue weighted by Crippen LogP contribution is 2.36. The summed E-state index contributed by atoms with van der Waals surface area (Å²) >= 11 is 0. The molecule has 2 aromatic rings. The lowest BCUT2D eigenvalue weighted by molar-refractivity contribution is -0.123. The van der Waals surface area contributed by atoms with Crippen molar-refractivity contribution in [1.82, 2.24) is 5.32 Å². The number of nitrogens with one attached hydrogen (secondary N) is 1. The summed E-state index contributed by atoms with van der Waals surface area (Å²) < 4.78 is 15.9. The number of methoxy groups -OCH3 is 2. The summed E-state index contributed by atoms with van der Waals surface area (Å²) in [5.41, 5.74) is 1.04. The number of carbonyl (C=O) groups excluding carboxylic acids is 1. The van der Waals surface area contributed by atoms with Gasteiger partial charge in [-0.2, -0.15) is 0 Å². The molecule has 0 aliphatic heterocycles. The fourth-order valence-corrected chi connectivity index (χ4v) is 1.96. The van der Waals surface area contributed by atoms with E-state index in [-0.39, 0.29) is 12.5 Å². The zero-order valence-corrected chi connectivity index (χ0v) is 12.7. The maximum Gasteiger partial charge on any atom is 0.258 e. The van der Waals surface area contributed by atoms with Crippen molar-refractivity contribution in [3.63, 3.8) is 0 Å². The number of hydrogen-bond acceptors (Lipinski definition) is 4. The number of amides is 1. The average molecular weight is 301 g/mol. The summed E-state index contributed by atoms with van der Waals surface area (Å²) in [6.45, 7) is 0.384. The van der Waals surface area contributed by atoms with Crippen LogP contribution in [0.25, 0.3) is 0 Å². The van der Waals surface area contributed by atoms with E-state index in [2.05, 4.69) is 5.32 Å². The lowest BCUT2D eigenvalue weighted by Gasteiger charge is -2.13. The Morgan fingerprint density at radius 3 is 2.36 bits per heavy atom. The Kier molecular flexibility index (Phi) is 5.65. The SMILES string of the molecule is COc1cccc(OCC(=O)NCc2ccccc2)c1OC. The molecule has 0 aliphatic carbocycles. The van der Waals surface area contributed by atoms with Gasteiger partial charge in [0.25, 0.3) is 5.91 Å². The number of rotatable bonds is 7. The summed E-state index contributed by atoms with van der Waals surface area (Å²) in [4.78, 5) is 11.8. The van der Waals surface area contributed by atoms with E-state index >= 15 is 0 Å². The normalized spacial score (nSPS) is 9.91. The molecule has 116 valence electrons. The Morgan fingerprint density at radius 2 is 1.68 bits per heavy atom. The molecule has 1 N–H and O–H groups in total. The summed E-state index contributed by atoms with van der Waals surface area (Å²) in [6, 6.07) is 15.0. The van der Waals surface area contributed by atoms with Gasteiger partial charge in [-0.15, -0.1) is 0 Å². The predicted molar refractivity (Wildman–Crippen MR) is 83.3 cm³/mol. The van der Waals surface area contributed by atoms with Crippen molar-refractivity contribution >= 4 is 5.91 Å². The second kappa shape index (κ2) is 7.93. The standard InChI is InChI=1S/C17H19NO4/c1-20-14-9-6-10-15(17(14)21-2)22-12-16(19)18-11-13-7-4-3-5-8-13/h3-10H,11-12H2,1-2H3,(H,18,19). The molecule has 0 aliphatic rings. The van der Waals surface area contributed by atoms with Crippen LogP contribution in [0.2, 0.25) is 0 Å². The molecule has 2 aromatic carbocycles. The lowest BCUT2D eigenvalue weighted by Crippen LogP contribution is -2.28. The summed E-state index contributed by atoms with van der Waals surface area (Å²) in [6.07, 6.45) is 0. The highest BCUT2D eigenvalue weighted by Gasteiger charge is 2.12. The molecule has 0 saturated heterocycles. The third kappa shape index (κ3) is 4.15. The molecule has 0 atom stereocenters. The Balaban J connectivity index is 1.88. The Bertz CT molecular complexity index is 613. The molecule has 0 unspecified atom stereocenters. The first-order valence-electron chi connectivity index (χ1n) is 6.89. The number of carbonyl (C=O) groups is 1. The number of benzene rings is 2. The van der Waals surface area contributed by atoms with E-state index in [4.69, 9.17) is 14.2 Å². The van der Waals surface area contributed by atoms with Gasteiger partial charge in [0.05, 0.1) is 14.2 Å². The van der Waals surface area contributed by atoms with Crippen molar-refractivity contribution in [3.05, 3.63) is 54.1 Å². The van der Waals surface area contributed by atoms with Gasteiger partial charge in [-0.1, -0.05) is 36.4 Å². The predicted octanol–water partition coefficient (Wildman–Crippen LogP) is 2.40. The lowest BCUT2D eigenvalue weighted by atomic mass is 10.2. The number of para-hydroxylation sites is 1. The third-order valence-corrected chi connectivity index (χ3v) is 3.06. The van der Waals surface area contributed by atoms with E-state index in [1.54, 1.807) is 25.3 Å². The molecule has 0 saturated carbocycles. The monoisotopic (exact) mass is 301 g/mol. The first-order chi connectivity index (χ1) is 10.7. The first kappa shape index (κ1) is 15.7. The molecule has 1 amide bonds. The van der Waals surface area contributed by atoms with Crippen LogP contribution in [0.4, 0.5) is 0 Å². The summed E-state index contributed by atoms with van der Waals surface area (Å²) in [5.74, 6) is 1.30. The van der Waals surface area contributed by atoms with E-state index in [1.807, 2.05) is 30.3 Å².